The second-order valence-corrected chi connectivity index (χ2v) is 5.14. The van der Waals surface area contributed by atoms with Crippen molar-refractivity contribution in [2.45, 2.75) is 25.7 Å². The van der Waals surface area contributed by atoms with E-state index in [0.29, 0.717) is 12.8 Å². The van der Waals surface area contributed by atoms with Gasteiger partial charge in [-0.25, -0.2) is 10.9 Å². The zero-order valence-electron chi connectivity index (χ0n) is 12.7. The van der Waals surface area contributed by atoms with Gasteiger partial charge < -0.3 is 0 Å². The summed E-state index contributed by atoms with van der Waals surface area (Å²) in [7, 11) is 0. The standard InChI is InChI=1S/C17H19N3O3/c21-16(7-3-4-8-17(22)20-23)19-18-12-13-9-10-14-5-1-2-6-15(14)11-13/h1-2,5-6,9-12,23H,3-4,7-8H2,(H,19,21)(H,20,22)/b18-12+. The number of hydrogen-bond acceptors (Lipinski definition) is 4. The molecule has 0 heterocycles. The Morgan fingerprint density at radius 1 is 1.00 bits per heavy atom. The molecule has 0 radical (unpaired) electrons. The van der Waals surface area contributed by atoms with E-state index in [9.17, 15) is 9.59 Å². The number of benzene rings is 2. The zero-order valence-corrected chi connectivity index (χ0v) is 12.7. The van der Waals surface area contributed by atoms with E-state index >= 15 is 0 Å². The number of nitrogens with one attached hydrogen (secondary N) is 2. The van der Waals surface area contributed by atoms with Crippen LogP contribution in [0.5, 0.6) is 0 Å². The quantitative estimate of drug-likeness (QED) is 0.317. The summed E-state index contributed by atoms with van der Waals surface area (Å²) >= 11 is 0. The predicted octanol–water partition coefficient (Wildman–Crippen LogP) is 2.36. The summed E-state index contributed by atoms with van der Waals surface area (Å²) in [5.41, 5.74) is 4.92. The van der Waals surface area contributed by atoms with E-state index in [-0.39, 0.29) is 18.7 Å². The highest BCUT2D eigenvalue weighted by molar-refractivity contribution is 5.90. The number of hydrazone groups is 1. The van der Waals surface area contributed by atoms with Crippen LogP contribution in [0.15, 0.2) is 47.6 Å². The van der Waals surface area contributed by atoms with Crippen molar-refractivity contribution in [3.63, 3.8) is 0 Å². The molecule has 3 N–H and O–H groups in total. The Hall–Kier alpha value is -2.73. The molecule has 0 bridgehead atoms. The molecule has 0 saturated heterocycles. The van der Waals surface area contributed by atoms with Gasteiger partial charge in [0.1, 0.15) is 0 Å². The molecular formula is C17H19N3O3. The van der Waals surface area contributed by atoms with Gasteiger partial charge >= 0.3 is 0 Å². The summed E-state index contributed by atoms with van der Waals surface area (Å²) in [6.45, 7) is 0. The minimum Gasteiger partial charge on any atom is -0.289 e. The molecule has 0 fully saturated rings. The largest absolute Gasteiger partial charge is 0.289 e. The number of amides is 2. The van der Waals surface area contributed by atoms with Gasteiger partial charge in [0.15, 0.2) is 0 Å². The van der Waals surface area contributed by atoms with Crippen LogP contribution in [0, 0.1) is 0 Å². The molecule has 0 aliphatic rings. The van der Waals surface area contributed by atoms with Crippen LogP contribution in [-0.4, -0.2) is 23.2 Å². The van der Waals surface area contributed by atoms with Crippen LogP contribution in [0.1, 0.15) is 31.2 Å². The fourth-order valence-electron chi connectivity index (χ4n) is 2.15. The smallest absolute Gasteiger partial charge is 0.243 e. The highest BCUT2D eigenvalue weighted by Gasteiger charge is 2.02. The monoisotopic (exact) mass is 313 g/mol. The molecule has 0 atom stereocenters. The first-order valence-electron chi connectivity index (χ1n) is 7.42. The molecule has 2 aromatic rings. The van der Waals surface area contributed by atoms with E-state index in [0.717, 1.165) is 16.3 Å². The molecule has 0 aromatic heterocycles. The van der Waals surface area contributed by atoms with Crippen LogP contribution >= 0.6 is 0 Å². The number of hydroxylamine groups is 1. The van der Waals surface area contributed by atoms with Crippen molar-refractivity contribution in [2.75, 3.05) is 0 Å². The van der Waals surface area contributed by atoms with E-state index in [2.05, 4.69) is 10.5 Å². The lowest BCUT2D eigenvalue weighted by Gasteiger charge is -2.01. The molecule has 23 heavy (non-hydrogen) atoms. The van der Waals surface area contributed by atoms with Crippen molar-refractivity contribution in [2.24, 2.45) is 5.10 Å². The fraction of sp³-hybridized carbons (Fsp3) is 0.235. The first kappa shape index (κ1) is 16.6. The third-order valence-corrected chi connectivity index (χ3v) is 3.36. The van der Waals surface area contributed by atoms with Gasteiger partial charge in [0.25, 0.3) is 0 Å². The molecule has 2 aromatic carbocycles. The normalized spacial score (nSPS) is 10.8. The van der Waals surface area contributed by atoms with Crippen molar-refractivity contribution in [1.29, 1.82) is 0 Å². The fourth-order valence-corrected chi connectivity index (χ4v) is 2.15. The molecule has 0 saturated carbocycles. The Balaban J connectivity index is 1.76. The maximum atomic E-state index is 11.6. The summed E-state index contributed by atoms with van der Waals surface area (Å²) in [4.78, 5) is 22.4. The lowest BCUT2D eigenvalue weighted by atomic mass is 10.1. The molecule has 120 valence electrons. The second kappa shape index (κ2) is 8.65. The van der Waals surface area contributed by atoms with Gasteiger partial charge in [0.05, 0.1) is 6.21 Å². The van der Waals surface area contributed by atoms with Crippen molar-refractivity contribution in [3.8, 4) is 0 Å². The van der Waals surface area contributed by atoms with Gasteiger partial charge in [-0.1, -0.05) is 36.4 Å². The van der Waals surface area contributed by atoms with Crippen LogP contribution in [0.4, 0.5) is 0 Å². The number of rotatable bonds is 7. The van der Waals surface area contributed by atoms with Crippen LogP contribution in [0.2, 0.25) is 0 Å². The Labute approximate surface area is 134 Å². The Kier molecular flexibility index (Phi) is 6.26. The molecule has 0 aliphatic heterocycles. The van der Waals surface area contributed by atoms with Crippen molar-refractivity contribution in [3.05, 3.63) is 48.0 Å². The molecule has 6 heteroatoms. The molecular weight excluding hydrogens is 294 g/mol. The summed E-state index contributed by atoms with van der Waals surface area (Å²) in [6, 6.07) is 14.0. The minimum atomic E-state index is -0.445. The highest BCUT2D eigenvalue weighted by atomic mass is 16.5. The summed E-state index contributed by atoms with van der Waals surface area (Å²) in [5, 5.41) is 14.5. The molecule has 6 nitrogen and oxygen atoms in total. The first-order chi connectivity index (χ1) is 11.2. The van der Waals surface area contributed by atoms with E-state index in [1.165, 1.54) is 0 Å². The second-order valence-electron chi connectivity index (χ2n) is 5.14. The number of carbonyl (C=O) groups is 2. The van der Waals surface area contributed by atoms with Crippen LogP contribution < -0.4 is 10.9 Å². The maximum absolute atomic E-state index is 11.6. The summed E-state index contributed by atoms with van der Waals surface area (Å²) in [6.07, 6.45) is 3.18. The SMILES string of the molecule is O=C(CCCCC(=O)N/N=C/c1ccc2ccccc2c1)NO. The lowest BCUT2D eigenvalue weighted by Crippen LogP contribution is -2.19. The average Bonchev–Trinajstić information content (AvgIpc) is 2.58. The average molecular weight is 313 g/mol. The zero-order chi connectivity index (χ0) is 16.5. The Morgan fingerprint density at radius 2 is 1.70 bits per heavy atom. The van der Waals surface area contributed by atoms with Crippen LogP contribution in [0.25, 0.3) is 10.8 Å². The van der Waals surface area contributed by atoms with E-state index in [4.69, 9.17) is 5.21 Å². The first-order valence-corrected chi connectivity index (χ1v) is 7.42. The molecule has 0 aliphatic carbocycles. The van der Waals surface area contributed by atoms with E-state index in [1.54, 1.807) is 11.7 Å². The van der Waals surface area contributed by atoms with Gasteiger partial charge in [-0.05, 0) is 35.2 Å². The number of carbonyl (C=O) groups excluding carboxylic acids is 2. The summed E-state index contributed by atoms with van der Waals surface area (Å²) < 4.78 is 0. The highest BCUT2D eigenvalue weighted by Crippen LogP contribution is 2.14. The van der Waals surface area contributed by atoms with Crippen LogP contribution in [-0.2, 0) is 9.59 Å². The maximum Gasteiger partial charge on any atom is 0.243 e. The van der Waals surface area contributed by atoms with Crippen molar-refractivity contribution < 1.29 is 14.8 Å². The van der Waals surface area contributed by atoms with Gasteiger partial charge in [0, 0.05) is 12.8 Å². The number of nitrogens with zero attached hydrogens (tertiary/aromatic N) is 1. The van der Waals surface area contributed by atoms with Crippen molar-refractivity contribution >= 4 is 28.8 Å². The number of unbranched alkanes of at least 4 members (excludes halogenated alkanes) is 1. The lowest BCUT2D eigenvalue weighted by molar-refractivity contribution is -0.129. The third kappa shape index (κ3) is 5.52. The Morgan fingerprint density at radius 3 is 2.43 bits per heavy atom. The van der Waals surface area contributed by atoms with Gasteiger partial charge in [0.2, 0.25) is 11.8 Å². The third-order valence-electron chi connectivity index (χ3n) is 3.36. The molecule has 2 amide bonds. The van der Waals surface area contributed by atoms with Gasteiger partial charge in [-0.15, -0.1) is 0 Å². The van der Waals surface area contributed by atoms with E-state index < -0.39 is 5.91 Å². The Bertz CT molecular complexity index is 713. The number of fused-ring (bicyclic) bond motifs is 1. The van der Waals surface area contributed by atoms with Crippen molar-refractivity contribution in [1.82, 2.24) is 10.9 Å². The minimum absolute atomic E-state index is 0.199. The molecule has 0 unspecified atom stereocenters. The topological polar surface area (TPSA) is 90.8 Å². The number of hydrogen-bond donors (Lipinski definition) is 3. The van der Waals surface area contributed by atoms with Gasteiger partial charge in [-0.2, -0.15) is 5.10 Å². The summed E-state index contributed by atoms with van der Waals surface area (Å²) in [5.74, 6) is -0.647. The molecule has 2 rings (SSSR count). The molecule has 0 spiro atoms. The van der Waals surface area contributed by atoms with Gasteiger partial charge in [-0.3, -0.25) is 14.8 Å². The predicted molar refractivity (Wildman–Crippen MR) is 88.1 cm³/mol. The van der Waals surface area contributed by atoms with E-state index in [1.807, 2.05) is 42.5 Å². The van der Waals surface area contributed by atoms with Crippen LogP contribution in [0.3, 0.4) is 0 Å².